The van der Waals surface area contributed by atoms with E-state index in [9.17, 15) is 9.18 Å². The first kappa shape index (κ1) is 12.4. The van der Waals surface area contributed by atoms with E-state index in [1.165, 1.54) is 12.1 Å². The fourth-order valence-corrected chi connectivity index (χ4v) is 1.10. The molecule has 0 fully saturated rings. The van der Waals surface area contributed by atoms with Gasteiger partial charge in [-0.05, 0) is 25.1 Å². The van der Waals surface area contributed by atoms with Crippen LogP contribution in [0.4, 0.5) is 10.1 Å². The summed E-state index contributed by atoms with van der Waals surface area (Å²) in [5, 5.41) is 8.95. The average molecular weight is 227 g/mol. The number of hydrogen-bond acceptors (Lipinski definition) is 4. The second-order valence-electron chi connectivity index (χ2n) is 3.51. The number of benzene rings is 1. The third-order valence-electron chi connectivity index (χ3n) is 1.98. The van der Waals surface area contributed by atoms with Crippen LogP contribution in [-0.4, -0.2) is 23.8 Å². The number of hydrogen-bond donors (Lipinski definition) is 2. The maximum Gasteiger partial charge on any atom is 0.341 e. The number of esters is 1. The third-order valence-corrected chi connectivity index (χ3v) is 1.98. The van der Waals surface area contributed by atoms with Crippen molar-refractivity contribution >= 4 is 11.7 Å². The van der Waals surface area contributed by atoms with Crippen molar-refractivity contribution in [3.8, 4) is 0 Å². The van der Waals surface area contributed by atoms with E-state index in [1.54, 1.807) is 6.92 Å². The van der Waals surface area contributed by atoms with Crippen molar-refractivity contribution in [3.63, 3.8) is 0 Å². The number of nitrogen functional groups attached to an aromatic ring is 1. The fraction of sp³-hybridized carbons (Fsp3) is 0.364. The van der Waals surface area contributed by atoms with Gasteiger partial charge in [-0.2, -0.15) is 0 Å². The number of ether oxygens (including phenoxy) is 1. The molecule has 0 aliphatic heterocycles. The molecule has 1 atom stereocenters. The van der Waals surface area contributed by atoms with Crippen molar-refractivity contribution < 1.29 is 19.0 Å². The van der Waals surface area contributed by atoms with Crippen LogP contribution in [0.25, 0.3) is 0 Å². The minimum absolute atomic E-state index is 0.0464. The van der Waals surface area contributed by atoms with E-state index in [4.69, 9.17) is 15.6 Å². The zero-order chi connectivity index (χ0) is 12.1. The van der Waals surface area contributed by atoms with E-state index in [0.29, 0.717) is 12.1 Å². The minimum atomic E-state index is -0.773. The molecule has 0 amide bonds. The van der Waals surface area contributed by atoms with E-state index in [1.807, 2.05) is 0 Å². The Morgan fingerprint density at radius 1 is 1.62 bits per heavy atom. The van der Waals surface area contributed by atoms with Crippen molar-refractivity contribution in [1.29, 1.82) is 0 Å². The number of aliphatic hydroxyl groups excluding tert-OH is 1. The molecule has 5 heteroatoms. The predicted molar refractivity (Wildman–Crippen MR) is 57.4 cm³/mol. The molecule has 0 spiro atoms. The number of anilines is 1. The summed E-state index contributed by atoms with van der Waals surface area (Å²) in [6.45, 7) is 1.62. The highest BCUT2D eigenvalue weighted by Crippen LogP contribution is 2.13. The summed E-state index contributed by atoms with van der Waals surface area (Å²) >= 11 is 0. The minimum Gasteiger partial charge on any atom is -0.462 e. The van der Waals surface area contributed by atoms with Gasteiger partial charge < -0.3 is 15.6 Å². The smallest absolute Gasteiger partial charge is 0.341 e. The molecule has 88 valence electrons. The van der Waals surface area contributed by atoms with Crippen molar-refractivity contribution in [2.45, 2.75) is 19.4 Å². The first-order valence-corrected chi connectivity index (χ1v) is 4.91. The molecule has 4 nitrogen and oxygen atoms in total. The van der Waals surface area contributed by atoms with Crippen LogP contribution >= 0.6 is 0 Å². The van der Waals surface area contributed by atoms with E-state index in [-0.39, 0.29) is 12.2 Å². The lowest BCUT2D eigenvalue weighted by atomic mass is 10.2. The Kier molecular flexibility index (Phi) is 4.25. The van der Waals surface area contributed by atoms with Crippen molar-refractivity contribution in [2.24, 2.45) is 0 Å². The predicted octanol–water partition coefficient (Wildman–Crippen LogP) is 1.34. The normalized spacial score (nSPS) is 12.2. The van der Waals surface area contributed by atoms with Crippen LogP contribution in [0.1, 0.15) is 23.7 Å². The van der Waals surface area contributed by atoms with Gasteiger partial charge in [0.1, 0.15) is 5.82 Å². The molecule has 1 aromatic rings. The molecule has 1 rings (SSSR count). The van der Waals surface area contributed by atoms with Crippen molar-refractivity contribution in [1.82, 2.24) is 0 Å². The second kappa shape index (κ2) is 5.46. The first-order chi connectivity index (χ1) is 7.50. The third kappa shape index (κ3) is 3.51. The molecule has 16 heavy (non-hydrogen) atoms. The number of aliphatic hydroxyl groups is 1. The van der Waals surface area contributed by atoms with Crippen LogP contribution < -0.4 is 5.73 Å². The van der Waals surface area contributed by atoms with E-state index < -0.39 is 17.9 Å². The topological polar surface area (TPSA) is 72.5 Å². The zero-order valence-electron chi connectivity index (χ0n) is 8.94. The molecule has 0 heterocycles. The molecule has 0 aromatic heterocycles. The largest absolute Gasteiger partial charge is 0.462 e. The van der Waals surface area contributed by atoms with Crippen LogP contribution in [-0.2, 0) is 4.74 Å². The lowest BCUT2D eigenvalue weighted by molar-refractivity contribution is 0.0439. The standard InChI is InChI=1S/C11H14FNO3/c1-7(14)4-5-16-11(15)9-6-8(13)2-3-10(9)12/h2-3,6-7,14H,4-5,13H2,1H3. The summed E-state index contributed by atoms with van der Waals surface area (Å²) < 4.78 is 18.0. The number of carbonyl (C=O) groups is 1. The van der Waals surface area contributed by atoms with Gasteiger partial charge in [0.25, 0.3) is 0 Å². The highest BCUT2D eigenvalue weighted by molar-refractivity contribution is 5.90. The van der Waals surface area contributed by atoms with Crippen LogP contribution in [0.15, 0.2) is 18.2 Å². The Morgan fingerprint density at radius 3 is 2.94 bits per heavy atom. The van der Waals surface area contributed by atoms with Gasteiger partial charge in [-0.1, -0.05) is 0 Å². The molecule has 3 N–H and O–H groups in total. The van der Waals surface area contributed by atoms with Gasteiger partial charge in [-0.25, -0.2) is 9.18 Å². The van der Waals surface area contributed by atoms with Crippen molar-refractivity contribution in [2.75, 3.05) is 12.3 Å². The van der Waals surface area contributed by atoms with Crippen LogP contribution in [0.2, 0.25) is 0 Å². The SMILES string of the molecule is CC(O)CCOC(=O)c1cc(N)ccc1F. The molecule has 0 saturated heterocycles. The second-order valence-corrected chi connectivity index (χ2v) is 3.51. The Balaban J connectivity index is 2.62. The lowest BCUT2D eigenvalue weighted by Gasteiger charge is -2.07. The van der Waals surface area contributed by atoms with Crippen molar-refractivity contribution in [3.05, 3.63) is 29.6 Å². The molecule has 1 aromatic carbocycles. The van der Waals surface area contributed by atoms with Gasteiger partial charge in [-0.3, -0.25) is 0 Å². The summed E-state index contributed by atoms with van der Waals surface area (Å²) in [7, 11) is 0. The van der Waals surface area contributed by atoms with Crippen LogP contribution in [0, 0.1) is 5.82 Å². The highest BCUT2D eigenvalue weighted by Gasteiger charge is 2.13. The maximum absolute atomic E-state index is 13.2. The summed E-state index contributed by atoms with van der Waals surface area (Å²) in [6, 6.07) is 3.70. The molecule has 0 aliphatic carbocycles. The molecular formula is C11H14FNO3. The van der Waals surface area contributed by atoms with E-state index in [2.05, 4.69) is 0 Å². The molecule has 1 unspecified atom stereocenters. The Labute approximate surface area is 92.8 Å². The van der Waals surface area contributed by atoms with Gasteiger partial charge >= 0.3 is 5.97 Å². The van der Waals surface area contributed by atoms with E-state index in [0.717, 1.165) is 6.07 Å². The molecule has 0 saturated carbocycles. The number of carbonyl (C=O) groups excluding carboxylic acids is 1. The van der Waals surface area contributed by atoms with Crippen LogP contribution in [0.5, 0.6) is 0 Å². The van der Waals surface area contributed by atoms with Crippen LogP contribution in [0.3, 0.4) is 0 Å². The van der Waals surface area contributed by atoms with Gasteiger partial charge in [0, 0.05) is 12.1 Å². The number of nitrogens with two attached hydrogens (primary N) is 1. The van der Waals surface area contributed by atoms with Gasteiger partial charge in [0.05, 0.1) is 18.3 Å². The molecule has 0 aliphatic rings. The summed E-state index contributed by atoms with van der Waals surface area (Å²) in [6.07, 6.45) is -0.242. The Hall–Kier alpha value is -1.62. The number of halogens is 1. The average Bonchev–Trinajstić information content (AvgIpc) is 2.21. The summed E-state index contributed by atoms with van der Waals surface area (Å²) in [4.78, 5) is 11.4. The molecule has 0 radical (unpaired) electrons. The summed E-state index contributed by atoms with van der Waals surface area (Å²) in [5.74, 6) is -1.44. The first-order valence-electron chi connectivity index (χ1n) is 4.91. The fourth-order valence-electron chi connectivity index (χ4n) is 1.10. The van der Waals surface area contributed by atoms with E-state index >= 15 is 0 Å². The van der Waals surface area contributed by atoms with Gasteiger partial charge in [0.2, 0.25) is 0 Å². The number of rotatable bonds is 4. The maximum atomic E-state index is 13.2. The Morgan fingerprint density at radius 2 is 2.31 bits per heavy atom. The quantitative estimate of drug-likeness (QED) is 0.601. The lowest BCUT2D eigenvalue weighted by Crippen LogP contribution is -2.12. The summed E-state index contributed by atoms with van der Waals surface area (Å²) in [5.41, 5.74) is 5.53. The Bertz CT molecular complexity index is 379. The monoisotopic (exact) mass is 227 g/mol. The van der Waals surface area contributed by atoms with Gasteiger partial charge in [-0.15, -0.1) is 0 Å². The molecule has 0 bridgehead atoms. The molecular weight excluding hydrogens is 213 g/mol. The highest BCUT2D eigenvalue weighted by atomic mass is 19.1. The van der Waals surface area contributed by atoms with Gasteiger partial charge in [0.15, 0.2) is 0 Å². The zero-order valence-corrected chi connectivity index (χ0v) is 8.94.